The molecule has 0 aliphatic carbocycles. The van der Waals surface area contributed by atoms with E-state index in [2.05, 4.69) is 25.0 Å². The number of rotatable bonds is 5. The van der Waals surface area contributed by atoms with Crippen LogP contribution < -0.4 is 5.32 Å². The van der Waals surface area contributed by atoms with Crippen molar-refractivity contribution in [2.75, 3.05) is 13.1 Å². The summed E-state index contributed by atoms with van der Waals surface area (Å²) in [5.41, 5.74) is 1.86. The van der Waals surface area contributed by atoms with Crippen LogP contribution in [0.5, 0.6) is 0 Å². The summed E-state index contributed by atoms with van der Waals surface area (Å²) in [6.45, 7) is 3.54. The third-order valence-electron chi connectivity index (χ3n) is 4.42. The number of nitrogens with zero attached hydrogens (tertiary/aromatic N) is 4. The second-order valence-electron chi connectivity index (χ2n) is 6.22. The molecule has 2 aromatic heterocycles. The minimum absolute atomic E-state index is 0.148. The number of amides is 2. The van der Waals surface area contributed by atoms with Gasteiger partial charge in [0, 0.05) is 32.3 Å². The van der Waals surface area contributed by atoms with Crippen molar-refractivity contribution >= 4 is 11.8 Å². The molecule has 25 heavy (non-hydrogen) atoms. The molecule has 1 saturated heterocycles. The molecule has 0 aromatic carbocycles. The highest BCUT2D eigenvalue weighted by Crippen LogP contribution is 2.20. The largest absolute Gasteiger partial charge is 0.364 e. The topological polar surface area (TPSA) is 101 Å². The minimum atomic E-state index is -0.308. The van der Waals surface area contributed by atoms with Crippen molar-refractivity contribution in [2.24, 2.45) is 5.92 Å². The number of aromatic nitrogens is 3. The maximum Gasteiger partial charge on any atom is 0.273 e. The van der Waals surface area contributed by atoms with E-state index in [0.29, 0.717) is 11.6 Å². The molecule has 2 amide bonds. The van der Waals surface area contributed by atoms with Crippen molar-refractivity contribution in [1.82, 2.24) is 25.3 Å². The highest BCUT2D eigenvalue weighted by Gasteiger charge is 2.21. The van der Waals surface area contributed by atoms with Crippen LogP contribution in [0, 0.1) is 5.92 Å². The van der Waals surface area contributed by atoms with Gasteiger partial charge in [0.15, 0.2) is 5.69 Å². The Labute approximate surface area is 145 Å². The normalized spacial score (nSPS) is 15.2. The Morgan fingerprint density at radius 1 is 1.24 bits per heavy atom. The van der Waals surface area contributed by atoms with Gasteiger partial charge in [-0.15, -0.1) is 0 Å². The van der Waals surface area contributed by atoms with Crippen molar-refractivity contribution in [3.63, 3.8) is 0 Å². The first-order valence-corrected chi connectivity index (χ1v) is 8.35. The van der Waals surface area contributed by atoms with Crippen LogP contribution in [0.3, 0.4) is 0 Å². The third-order valence-corrected chi connectivity index (χ3v) is 4.42. The fraction of sp³-hybridized carbons (Fsp3) is 0.471. The van der Waals surface area contributed by atoms with E-state index in [1.165, 1.54) is 12.3 Å². The van der Waals surface area contributed by atoms with Gasteiger partial charge >= 0.3 is 0 Å². The summed E-state index contributed by atoms with van der Waals surface area (Å²) in [4.78, 5) is 33.8. The summed E-state index contributed by atoms with van der Waals surface area (Å²) in [5, 5.41) is 6.29. The molecule has 1 fully saturated rings. The molecule has 0 unspecified atom stereocenters. The summed E-state index contributed by atoms with van der Waals surface area (Å²) in [6, 6.07) is 1.50. The highest BCUT2D eigenvalue weighted by molar-refractivity contribution is 5.91. The summed E-state index contributed by atoms with van der Waals surface area (Å²) in [6.07, 6.45) is 7.65. The van der Waals surface area contributed by atoms with Crippen LogP contribution in [0.4, 0.5) is 0 Å². The summed E-state index contributed by atoms with van der Waals surface area (Å²) in [7, 11) is 0. The Kier molecular flexibility index (Phi) is 5.37. The van der Waals surface area contributed by atoms with E-state index < -0.39 is 0 Å². The molecular weight excluding hydrogens is 322 g/mol. The van der Waals surface area contributed by atoms with Crippen LogP contribution in [0.25, 0.3) is 0 Å². The van der Waals surface area contributed by atoms with E-state index in [1.54, 1.807) is 19.3 Å². The predicted molar refractivity (Wildman–Crippen MR) is 88.4 cm³/mol. The fourth-order valence-electron chi connectivity index (χ4n) is 2.92. The van der Waals surface area contributed by atoms with Crippen molar-refractivity contribution < 1.29 is 14.1 Å². The number of likely N-dealkylation sites (tertiary alicyclic amines) is 1. The van der Waals surface area contributed by atoms with Gasteiger partial charge in [-0.05, 0) is 25.2 Å². The SMILES string of the molecule is CC(=O)N1CCC(Cc2cnc(CNC(=O)c3ccon3)cn2)CC1. The van der Waals surface area contributed by atoms with Gasteiger partial charge in [0.1, 0.15) is 6.26 Å². The first-order valence-electron chi connectivity index (χ1n) is 8.35. The Balaban J connectivity index is 1.46. The van der Waals surface area contributed by atoms with E-state index in [4.69, 9.17) is 0 Å². The summed E-state index contributed by atoms with van der Waals surface area (Å²) < 4.78 is 4.63. The molecule has 132 valence electrons. The molecule has 0 radical (unpaired) electrons. The van der Waals surface area contributed by atoms with E-state index >= 15 is 0 Å². The molecule has 1 N–H and O–H groups in total. The van der Waals surface area contributed by atoms with E-state index in [0.717, 1.165) is 38.0 Å². The van der Waals surface area contributed by atoms with Crippen molar-refractivity contribution in [1.29, 1.82) is 0 Å². The Morgan fingerprint density at radius 2 is 1.96 bits per heavy atom. The fourth-order valence-corrected chi connectivity index (χ4v) is 2.92. The van der Waals surface area contributed by atoms with Gasteiger partial charge in [-0.3, -0.25) is 19.6 Å². The Hall–Kier alpha value is -2.77. The smallest absolute Gasteiger partial charge is 0.273 e. The van der Waals surface area contributed by atoms with Crippen LogP contribution in [0.2, 0.25) is 0 Å². The van der Waals surface area contributed by atoms with Crippen molar-refractivity contribution in [3.8, 4) is 0 Å². The molecule has 0 atom stereocenters. The average molecular weight is 343 g/mol. The number of piperidine rings is 1. The zero-order chi connectivity index (χ0) is 17.6. The minimum Gasteiger partial charge on any atom is -0.364 e. The van der Waals surface area contributed by atoms with Gasteiger partial charge < -0.3 is 14.7 Å². The maximum atomic E-state index is 11.8. The molecule has 0 saturated carbocycles. The van der Waals surface area contributed by atoms with E-state index in [9.17, 15) is 9.59 Å². The van der Waals surface area contributed by atoms with Crippen LogP contribution in [0.1, 0.15) is 41.6 Å². The summed E-state index contributed by atoms with van der Waals surface area (Å²) in [5.74, 6) is 0.370. The van der Waals surface area contributed by atoms with Gasteiger partial charge in [0.25, 0.3) is 5.91 Å². The third kappa shape index (κ3) is 4.62. The first-order chi connectivity index (χ1) is 12.1. The molecule has 0 spiro atoms. The predicted octanol–water partition coefficient (Wildman–Crippen LogP) is 1.20. The number of nitrogens with one attached hydrogen (secondary N) is 1. The van der Waals surface area contributed by atoms with Gasteiger partial charge in [-0.25, -0.2) is 0 Å². The molecule has 8 nitrogen and oxygen atoms in total. The van der Waals surface area contributed by atoms with Gasteiger partial charge in [0.2, 0.25) is 5.91 Å². The van der Waals surface area contributed by atoms with Gasteiger partial charge in [0.05, 0.1) is 24.1 Å². The molecule has 3 rings (SSSR count). The monoisotopic (exact) mass is 343 g/mol. The second-order valence-corrected chi connectivity index (χ2v) is 6.22. The lowest BCUT2D eigenvalue weighted by Gasteiger charge is -2.31. The number of carbonyl (C=O) groups excluding carboxylic acids is 2. The lowest BCUT2D eigenvalue weighted by molar-refractivity contribution is -0.130. The van der Waals surface area contributed by atoms with Gasteiger partial charge in [-0.2, -0.15) is 0 Å². The first kappa shape index (κ1) is 17.1. The highest BCUT2D eigenvalue weighted by atomic mass is 16.5. The number of hydrogen-bond donors (Lipinski definition) is 1. The molecule has 8 heteroatoms. The van der Waals surface area contributed by atoms with Crippen LogP contribution in [0.15, 0.2) is 29.2 Å². The zero-order valence-electron chi connectivity index (χ0n) is 14.1. The molecule has 2 aromatic rings. The van der Waals surface area contributed by atoms with Gasteiger partial charge in [-0.1, -0.05) is 5.16 Å². The quantitative estimate of drug-likeness (QED) is 0.875. The van der Waals surface area contributed by atoms with E-state index in [-0.39, 0.29) is 24.1 Å². The van der Waals surface area contributed by atoms with E-state index in [1.807, 2.05) is 4.90 Å². The van der Waals surface area contributed by atoms with Crippen LogP contribution in [-0.4, -0.2) is 44.9 Å². The average Bonchev–Trinajstić information content (AvgIpc) is 3.16. The molecular formula is C17H21N5O3. The standard InChI is InChI=1S/C17H21N5O3/c1-12(23)22-5-2-13(3-6-22)8-14-9-19-15(10-18-14)11-20-17(24)16-4-7-25-21-16/h4,7,9-10,13H,2-3,5-6,8,11H2,1H3,(H,20,24). The lowest BCUT2D eigenvalue weighted by atomic mass is 9.92. The maximum absolute atomic E-state index is 11.8. The number of hydrogen-bond acceptors (Lipinski definition) is 6. The van der Waals surface area contributed by atoms with Crippen molar-refractivity contribution in [2.45, 2.75) is 32.7 Å². The Bertz CT molecular complexity index is 706. The summed E-state index contributed by atoms with van der Waals surface area (Å²) >= 11 is 0. The second kappa shape index (κ2) is 7.87. The molecule has 1 aliphatic heterocycles. The van der Waals surface area contributed by atoms with Crippen LogP contribution in [-0.2, 0) is 17.8 Å². The Morgan fingerprint density at radius 3 is 2.56 bits per heavy atom. The van der Waals surface area contributed by atoms with Crippen molar-refractivity contribution in [3.05, 3.63) is 41.8 Å². The lowest BCUT2D eigenvalue weighted by Crippen LogP contribution is -2.37. The molecule has 1 aliphatic rings. The molecule has 0 bridgehead atoms. The molecule has 3 heterocycles. The van der Waals surface area contributed by atoms with Crippen LogP contribution >= 0.6 is 0 Å². The zero-order valence-corrected chi connectivity index (χ0v) is 14.1. The number of carbonyl (C=O) groups is 2.